The smallest absolute Gasteiger partial charge is 0.246 e. The molecule has 107 heavy (non-hydrogen) atoms. The van der Waals surface area contributed by atoms with Gasteiger partial charge in [0.05, 0.1) is 12.6 Å². The molecule has 0 aromatic heterocycles. The van der Waals surface area contributed by atoms with Gasteiger partial charge in [-0.3, -0.25) is 57.5 Å². The molecule has 11 amide bonds. The number of phenolic OH excluding ortho intramolecular Hbond substituents is 2. The Balaban J connectivity index is 0.000000915. The summed E-state index contributed by atoms with van der Waals surface area (Å²) in [4.78, 5) is 180. The van der Waals surface area contributed by atoms with Crippen LogP contribution in [0.3, 0.4) is 0 Å². The van der Waals surface area contributed by atoms with Crippen molar-refractivity contribution in [3.8, 4) is 11.5 Å². The van der Waals surface area contributed by atoms with Gasteiger partial charge in [0.1, 0.15) is 72.6 Å². The van der Waals surface area contributed by atoms with Crippen LogP contribution in [-0.2, 0) is 68.7 Å². The Bertz CT molecular complexity index is 3560. The molecule has 13 unspecified atom stereocenters. The fraction of sp³-hybridized carbons (Fsp3) is 0.667. The van der Waals surface area contributed by atoms with Crippen LogP contribution in [0.25, 0.3) is 5.57 Å². The molecule has 9 N–H and O–H groups in total. The highest BCUT2D eigenvalue weighted by atomic mass is 16.5. The van der Waals surface area contributed by atoms with E-state index in [1.54, 1.807) is 54.5 Å². The summed E-state index contributed by atoms with van der Waals surface area (Å²) in [7, 11) is 9.92. The van der Waals surface area contributed by atoms with Crippen LogP contribution in [0.15, 0.2) is 53.5 Å². The number of benzene rings is 1. The molecule has 0 saturated carbocycles. The monoisotopic (exact) mass is 1500 g/mol. The van der Waals surface area contributed by atoms with Gasteiger partial charge in [0.2, 0.25) is 76.5 Å². The minimum atomic E-state index is -1.61. The number of carbonyl (C=O) groups is 12. The molecule has 1 aromatic rings. The maximum atomic E-state index is 15.1. The Labute approximate surface area is 631 Å². The number of rotatable bonds is 15. The van der Waals surface area contributed by atoms with Gasteiger partial charge in [-0.2, -0.15) is 0 Å². The van der Waals surface area contributed by atoms with E-state index in [2.05, 4.69) is 21.3 Å². The number of ether oxygens (including phenoxy) is 1. The van der Waals surface area contributed by atoms with Crippen molar-refractivity contribution in [1.29, 1.82) is 0 Å². The van der Waals surface area contributed by atoms with Crippen LogP contribution >= 0.6 is 0 Å². The highest BCUT2D eigenvalue weighted by Crippen LogP contribution is 2.51. The summed E-state index contributed by atoms with van der Waals surface area (Å²) >= 11 is 0. The predicted octanol–water partition coefficient (Wildman–Crippen LogP) is 4.35. The number of nitrogens with one attached hydrogen (secondary N) is 4. The third-order valence-electron chi connectivity index (χ3n) is 20.3. The average molecular weight is 1500 g/mol. The lowest BCUT2D eigenvalue weighted by atomic mass is 9.85. The van der Waals surface area contributed by atoms with Crippen LogP contribution in [0.1, 0.15) is 167 Å². The van der Waals surface area contributed by atoms with E-state index in [0.29, 0.717) is 28.7 Å². The molecule has 0 spiro atoms. The third-order valence-corrected chi connectivity index (χ3v) is 20.3. The molecular weight excluding hydrogens is 1380 g/mol. The van der Waals surface area contributed by atoms with Gasteiger partial charge < -0.3 is 85.8 Å². The summed E-state index contributed by atoms with van der Waals surface area (Å²) in [5.74, 6) is -11.3. The number of aliphatic hydroxyl groups is 3. The van der Waals surface area contributed by atoms with Gasteiger partial charge in [0.25, 0.3) is 0 Å². The third kappa shape index (κ3) is 22.2. The summed E-state index contributed by atoms with van der Waals surface area (Å²) in [6.07, 6.45) is 5.94. The summed E-state index contributed by atoms with van der Waals surface area (Å²) < 4.78 is 5.40. The van der Waals surface area contributed by atoms with Crippen molar-refractivity contribution in [3.63, 3.8) is 0 Å². The zero-order valence-electron chi connectivity index (χ0n) is 67.4. The molecule has 0 radical (unpaired) electrons. The van der Waals surface area contributed by atoms with E-state index < -0.39 is 173 Å². The lowest BCUT2D eigenvalue weighted by Gasteiger charge is -2.41. The standard InChI is InChI=1S/C62H111N11O12.C16H12O6/c1-25-27-28-40(15)52(75)51-56(79)65-43(26-2)58(81)67(18)33-48(74)68(19)44(29-34(3)4)55(78)66-49(38(11)12)61(84)69(20)45(30-35(5)6)54(77)63-41(16)53(76)64-42(17)57(80)70(21)46(31-36(7)8)59(82)71(22)47(32-37(9)10)60(83)72(23)50(39(13)14)62(85)73(51)24;17-10-2-1-8-13-9-4-12(19)11(18)3-7(9)5-16(13,21)6-22-15(8)14(10)20/h25,27,34-47,49-52,75H,26,28-33H2,1-24H3,(H,63,77)(H,64,76)(H,65,79)(H,66,78);1-4,18-21H,5-6H2. The SMILES string of the molecule is CC=CCC(C)C(O)C1C(=O)NC(CC)C(=O)N(C)CC(=O)N(C)C(CC(C)C)C(=O)NC(C(C)C)C(=O)N(C)C(CC(C)C)C(=O)NC(C)C(=O)NC(C)C(=O)N(C)C(CC(C)C)C(=O)N(C)C(CC(C)C)C(=O)N(C)C(C(C)C)C(=O)N1C.O=C1C=CC2=C3c4cc(O)c(O)cc4CC3(O)COC2=C1O. The number of nitrogens with zero attached hydrogens (tertiary/aromatic N) is 7. The summed E-state index contributed by atoms with van der Waals surface area (Å²) in [6.45, 7) is 29.2. The maximum Gasteiger partial charge on any atom is 0.246 e. The number of likely N-dealkylation sites (N-methyl/N-ethyl adjacent to an activating group) is 7. The fourth-order valence-corrected chi connectivity index (χ4v) is 13.9. The topological polar surface area (TPSA) is 386 Å². The van der Waals surface area contributed by atoms with Crippen LogP contribution in [0.5, 0.6) is 11.5 Å². The second-order valence-electron chi connectivity index (χ2n) is 31.8. The minimum absolute atomic E-state index is 0.0229. The van der Waals surface area contributed by atoms with E-state index in [1.807, 2.05) is 61.5 Å². The first-order valence-electron chi connectivity index (χ1n) is 37.3. The highest BCUT2D eigenvalue weighted by molar-refractivity contribution is 6.07. The Morgan fingerprint density at radius 2 is 1.02 bits per heavy atom. The average Bonchev–Trinajstić information content (AvgIpc) is 1.58. The zero-order chi connectivity index (χ0) is 81.6. The number of amides is 11. The number of fused-ring (bicyclic) bond motifs is 4. The number of hydrogen-bond acceptors (Lipinski definition) is 18. The molecule has 1 saturated heterocycles. The lowest BCUT2D eigenvalue weighted by Crippen LogP contribution is -2.63. The largest absolute Gasteiger partial charge is 0.504 e. The molecule has 13 atom stereocenters. The van der Waals surface area contributed by atoms with Gasteiger partial charge in [-0.25, -0.2) is 0 Å². The van der Waals surface area contributed by atoms with Crippen LogP contribution < -0.4 is 21.3 Å². The molecule has 1 fully saturated rings. The second kappa shape index (κ2) is 38.8. The first kappa shape index (κ1) is 90.5. The van der Waals surface area contributed by atoms with Gasteiger partial charge in [-0.15, -0.1) is 0 Å². The molecular formula is C78H123N11O18. The van der Waals surface area contributed by atoms with Crippen LogP contribution in [-0.4, -0.2) is 265 Å². The quantitative estimate of drug-likeness (QED) is 0.0870. The first-order valence-corrected chi connectivity index (χ1v) is 37.3. The van der Waals surface area contributed by atoms with Crippen molar-refractivity contribution in [2.24, 2.45) is 41.4 Å². The predicted molar refractivity (Wildman–Crippen MR) is 404 cm³/mol. The normalized spacial score (nSPS) is 26.7. The molecule has 598 valence electrons. The van der Waals surface area contributed by atoms with Gasteiger partial charge in [0.15, 0.2) is 17.3 Å². The zero-order valence-corrected chi connectivity index (χ0v) is 67.4. The van der Waals surface area contributed by atoms with Crippen molar-refractivity contribution >= 4 is 76.3 Å². The summed E-state index contributed by atoms with van der Waals surface area (Å²) in [5.41, 5.74) is 0.797. The Morgan fingerprint density at radius 3 is 1.53 bits per heavy atom. The van der Waals surface area contributed by atoms with Crippen LogP contribution in [0, 0.1) is 41.4 Å². The number of phenols is 2. The number of hydrogen-bond donors (Lipinski definition) is 9. The van der Waals surface area contributed by atoms with Crippen molar-refractivity contribution in [3.05, 3.63) is 64.7 Å². The lowest BCUT2D eigenvalue weighted by molar-refractivity contribution is -0.157. The van der Waals surface area contributed by atoms with Crippen molar-refractivity contribution in [2.45, 2.75) is 235 Å². The van der Waals surface area contributed by atoms with Crippen LogP contribution in [0.2, 0.25) is 0 Å². The molecule has 2 heterocycles. The van der Waals surface area contributed by atoms with E-state index in [9.17, 15) is 73.5 Å². The molecule has 2 aliphatic heterocycles. The van der Waals surface area contributed by atoms with Crippen molar-refractivity contribution < 1.29 is 87.8 Å². The number of carbonyl (C=O) groups excluding carboxylic acids is 12. The molecule has 2 aliphatic carbocycles. The van der Waals surface area contributed by atoms with Crippen molar-refractivity contribution in [1.82, 2.24) is 55.6 Å². The maximum absolute atomic E-state index is 15.1. The Hall–Kier alpha value is -8.86. The molecule has 0 bridgehead atoms. The Morgan fingerprint density at radius 1 is 0.542 bits per heavy atom. The molecule has 1 aromatic carbocycles. The molecule has 29 heteroatoms. The molecule has 29 nitrogen and oxygen atoms in total. The number of aliphatic hydroxyl groups excluding tert-OH is 2. The molecule has 5 rings (SSSR count). The molecule has 4 aliphatic rings. The highest BCUT2D eigenvalue weighted by Gasteiger charge is 2.50. The van der Waals surface area contributed by atoms with Gasteiger partial charge in [-0.05, 0) is 136 Å². The van der Waals surface area contributed by atoms with E-state index in [0.717, 1.165) is 9.80 Å². The van der Waals surface area contributed by atoms with Gasteiger partial charge >= 0.3 is 0 Å². The van der Waals surface area contributed by atoms with Gasteiger partial charge in [0, 0.05) is 66.9 Å². The number of aromatic hydroxyl groups is 2. The van der Waals surface area contributed by atoms with E-state index >= 15 is 9.59 Å². The number of allylic oxidation sites excluding steroid dienone is 4. The summed E-state index contributed by atoms with van der Waals surface area (Å²) in [6, 6.07) is -9.56. The van der Waals surface area contributed by atoms with Gasteiger partial charge in [-0.1, -0.05) is 109 Å². The van der Waals surface area contributed by atoms with E-state index in [-0.39, 0.29) is 86.1 Å². The van der Waals surface area contributed by atoms with Crippen LogP contribution in [0.4, 0.5) is 0 Å². The van der Waals surface area contributed by atoms with E-state index in [4.69, 9.17) is 4.74 Å². The fourth-order valence-electron chi connectivity index (χ4n) is 13.9. The van der Waals surface area contributed by atoms with E-state index in [1.165, 1.54) is 112 Å². The summed E-state index contributed by atoms with van der Waals surface area (Å²) in [5, 5.41) is 63.1. The minimum Gasteiger partial charge on any atom is -0.504 e. The Kier molecular flexibility index (Phi) is 32.8. The van der Waals surface area contributed by atoms with Crippen molar-refractivity contribution in [2.75, 3.05) is 62.5 Å². The second-order valence-corrected chi connectivity index (χ2v) is 31.8. The number of ketones is 1. The first-order chi connectivity index (χ1) is 49.6.